The zero-order chi connectivity index (χ0) is 38.7. The van der Waals surface area contributed by atoms with Crippen molar-refractivity contribution in [2.24, 2.45) is 0 Å². The first-order valence-electron chi connectivity index (χ1n) is 20.3. The van der Waals surface area contributed by atoms with Crippen molar-refractivity contribution in [2.45, 2.75) is 12.8 Å². The molecule has 1 heterocycles. The van der Waals surface area contributed by atoms with Gasteiger partial charge in [-0.2, -0.15) is 0 Å². The van der Waals surface area contributed by atoms with Crippen LogP contribution < -0.4 is 0 Å². The Balaban J connectivity index is 1.35. The topological polar surface area (TPSA) is 13.1 Å². The highest BCUT2D eigenvalue weighted by atomic mass is 16.3. The predicted octanol–water partition coefficient (Wildman–Crippen LogP) is 13.0. The van der Waals surface area contributed by atoms with Crippen molar-refractivity contribution < 1.29 is 16.8 Å². The second-order valence-electron chi connectivity index (χ2n) is 12.0. The maximum absolute atomic E-state index is 9.83. The van der Waals surface area contributed by atoms with Crippen molar-refractivity contribution in [1.82, 2.24) is 0 Å². The molecule has 0 fully saturated rings. The van der Waals surface area contributed by atoms with E-state index in [4.69, 9.17) is 11.3 Å². The highest BCUT2D eigenvalue weighted by Crippen LogP contribution is 2.47. The standard InChI is InChI=1S/C46H30O/c1-2-12-29(13-3-1)34-24-32-16-6-7-17-35(32)42(27-34)46-38-20-10-8-18-36(38)45(37-19-9-11-21-39(37)46)33-22-23-43-40(26-33)41-25-30-14-4-5-15-31(30)28-44(41)47-43/h1-8,10-18,20-28H,9,19H2/i4D,5D,14D,15D,22D,23D,25D,26D,28D. The zero-order valence-corrected chi connectivity index (χ0v) is 25.1. The van der Waals surface area contributed by atoms with E-state index in [2.05, 4.69) is 54.6 Å². The summed E-state index contributed by atoms with van der Waals surface area (Å²) in [6.45, 7) is 0. The van der Waals surface area contributed by atoms with Gasteiger partial charge in [0.1, 0.15) is 11.2 Å². The van der Waals surface area contributed by atoms with Gasteiger partial charge in [0.25, 0.3) is 0 Å². The first kappa shape index (κ1) is 18.9. The molecule has 0 unspecified atom stereocenters. The molecule has 9 aromatic rings. The summed E-state index contributed by atoms with van der Waals surface area (Å²) in [5.41, 5.74) is 6.76. The molecule has 0 bridgehead atoms. The van der Waals surface area contributed by atoms with E-state index in [0.29, 0.717) is 12.0 Å². The van der Waals surface area contributed by atoms with Crippen molar-refractivity contribution in [3.05, 3.63) is 163 Å². The second kappa shape index (κ2) is 10.3. The van der Waals surface area contributed by atoms with Gasteiger partial charge < -0.3 is 4.42 Å². The van der Waals surface area contributed by atoms with E-state index in [1.807, 2.05) is 48.5 Å². The molecular weight excluding hydrogens is 569 g/mol. The average molecular weight is 608 g/mol. The molecular formula is C46H30O. The Bertz CT molecular complexity index is 3240. The third kappa shape index (κ3) is 4.10. The molecule has 1 aromatic heterocycles. The van der Waals surface area contributed by atoms with Crippen molar-refractivity contribution in [2.75, 3.05) is 0 Å². The van der Waals surface area contributed by atoms with Gasteiger partial charge in [0.2, 0.25) is 0 Å². The van der Waals surface area contributed by atoms with E-state index in [1.54, 1.807) is 0 Å². The molecule has 1 nitrogen and oxygen atoms in total. The van der Waals surface area contributed by atoms with Crippen LogP contribution >= 0.6 is 0 Å². The fourth-order valence-electron chi connectivity index (χ4n) is 7.26. The van der Waals surface area contributed by atoms with Gasteiger partial charge in [0.05, 0.1) is 12.3 Å². The molecule has 0 N–H and O–H groups in total. The minimum atomic E-state index is -0.530. The number of allylic oxidation sites excluding steroid dienone is 1. The second-order valence-corrected chi connectivity index (χ2v) is 12.0. The van der Waals surface area contributed by atoms with E-state index >= 15 is 0 Å². The fourth-order valence-corrected chi connectivity index (χ4v) is 7.26. The minimum absolute atomic E-state index is 0.0150. The monoisotopic (exact) mass is 607 g/mol. The van der Waals surface area contributed by atoms with Crippen molar-refractivity contribution in [1.29, 1.82) is 0 Å². The molecule has 1 heteroatoms. The Hall–Kier alpha value is -5.92. The quantitative estimate of drug-likeness (QED) is 0.195. The van der Waals surface area contributed by atoms with Crippen LogP contribution in [0.5, 0.6) is 0 Å². The lowest BCUT2D eigenvalue weighted by Gasteiger charge is -2.25. The molecule has 0 aliphatic heterocycles. The SMILES string of the molecule is [2H]c1c(-c2c3c(c(-c4cc(-c5ccccc5)cc5ccccc45)c4ccccc24)C=CCC3)c([2H])c2c(oc3c([2H])c4c([2H])c([2H])c([2H])c([2H])c4c([2H])c32)c1[2H]. The van der Waals surface area contributed by atoms with Crippen LogP contribution in [0.4, 0.5) is 0 Å². The van der Waals surface area contributed by atoms with Crippen LogP contribution in [-0.2, 0) is 6.42 Å². The zero-order valence-electron chi connectivity index (χ0n) is 34.1. The molecule has 0 radical (unpaired) electrons. The molecule has 1 aliphatic carbocycles. The Labute approximate surface area is 285 Å². The largest absolute Gasteiger partial charge is 0.456 e. The van der Waals surface area contributed by atoms with E-state index in [1.165, 1.54) is 0 Å². The van der Waals surface area contributed by atoms with Gasteiger partial charge in [-0.3, -0.25) is 0 Å². The molecule has 220 valence electrons. The Kier molecular flexibility index (Phi) is 4.14. The van der Waals surface area contributed by atoms with Crippen LogP contribution in [0.25, 0.3) is 93.7 Å². The highest BCUT2D eigenvalue weighted by molar-refractivity contribution is 6.16. The number of furan rings is 1. The maximum Gasteiger partial charge on any atom is 0.136 e. The van der Waals surface area contributed by atoms with E-state index in [9.17, 15) is 5.48 Å². The number of benzene rings is 8. The lowest BCUT2D eigenvalue weighted by atomic mass is 9.79. The lowest BCUT2D eigenvalue weighted by Crippen LogP contribution is -2.03. The summed E-state index contributed by atoms with van der Waals surface area (Å²) in [6, 6.07) is 27.7. The molecule has 0 spiro atoms. The lowest BCUT2D eigenvalue weighted by molar-refractivity contribution is 0.669. The summed E-state index contributed by atoms with van der Waals surface area (Å²) in [5.74, 6) is 0. The van der Waals surface area contributed by atoms with Crippen molar-refractivity contribution in [3.8, 4) is 33.4 Å². The molecule has 0 saturated carbocycles. The van der Waals surface area contributed by atoms with Crippen LogP contribution in [-0.4, -0.2) is 0 Å². The van der Waals surface area contributed by atoms with Gasteiger partial charge in [0, 0.05) is 10.8 Å². The van der Waals surface area contributed by atoms with Gasteiger partial charge in [0.15, 0.2) is 0 Å². The predicted molar refractivity (Wildman–Crippen MR) is 200 cm³/mol. The van der Waals surface area contributed by atoms with Crippen molar-refractivity contribution in [3.63, 3.8) is 0 Å². The first-order valence-corrected chi connectivity index (χ1v) is 15.8. The number of fused-ring (bicyclic) bond motifs is 7. The molecule has 47 heavy (non-hydrogen) atoms. The van der Waals surface area contributed by atoms with Crippen LogP contribution in [0.3, 0.4) is 0 Å². The summed E-state index contributed by atoms with van der Waals surface area (Å²) in [7, 11) is 0. The van der Waals surface area contributed by atoms with Gasteiger partial charge in [-0.25, -0.2) is 0 Å². The van der Waals surface area contributed by atoms with Gasteiger partial charge in [-0.05, 0) is 126 Å². The summed E-state index contributed by atoms with van der Waals surface area (Å²) in [5, 5.41) is 3.69. The van der Waals surface area contributed by atoms with E-state index in [0.717, 1.165) is 61.3 Å². The molecule has 0 saturated heterocycles. The van der Waals surface area contributed by atoms with Crippen molar-refractivity contribution >= 4 is 60.3 Å². The number of hydrogen-bond donors (Lipinski definition) is 0. The summed E-state index contributed by atoms with van der Waals surface area (Å²) in [6.07, 6.45) is 5.62. The van der Waals surface area contributed by atoms with Gasteiger partial charge >= 0.3 is 0 Å². The number of hydrogen-bond acceptors (Lipinski definition) is 1. The van der Waals surface area contributed by atoms with Crippen LogP contribution in [0, 0.1) is 0 Å². The Morgan fingerprint density at radius 3 is 2.11 bits per heavy atom. The maximum atomic E-state index is 9.83. The van der Waals surface area contributed by atoms with E-state index < -0.39 is 24.2 Å². The highest BCUT2D eigenvalue weighted by Gasteiger charge is 2.23. The molecule has 1 aliphatic rings. The van der Waals surface area contributed by atoms with Crippen LogP contribution in [0.2, 0.25) is 0 Å². The first-order chi connectivity index (χ1) is 27.1. The minimum Gasteiger partial charge on any atom is -0.456 e. The summed E-state index contributed by atoms with van der Waals surface area (Å²) >= 11 is 0. The molecule has 0 amide bonds. The Morgan fingerprint density at radius 2 is 1.26 bits per heavy atom. The normalized spacial score (nSPS) is 15.5. The summed E-state index contributed by atoms with van der Waals surface area (Å²) < 4.78 is 86.7. The van der Waals surface area contributed by atoms with Crippen LogP contribution in [0.1, 0.15) is 29.9 Å². The van der Waals surface area contributed by atoms with E-state index in [-0.39, 0.29) is 68.5 Å². The third-order valence-corrected chi connectivity index (χ3v) is 9.33. The molecule has 8 aromatic carbocycles. The van der Waals surface area contributed by atoms with Gasteiger partial charge in [-0.15, -0.1) is 0 Å². The smallest absolute Gasteiger partial charge is 0.136 e. The molecule has 10 rings (SSSR count). The molecule has 0 atom stereocenters. The average Bonchev–Trinajstić information content (AvgIpc) is 3.64. The number of rotatable bonds is 3. The third-order valence-electron chi connectivity index (χ3n) is 9.33. The Morgan fingerprint density at radius 1 is 0.532 bits per heavy atom. The fraction of sp³-hybridized carbons (Fsp3) is 0.0435. The summed E-state index contributed by atoms with van der Waals surface area (Å²) in [4.78, 5) is 0. The van der Waals surface area contributed by atoms with Crippen LogP contribution in [0.15, 0.2) is 156 Å². The van der Waals surface area contributed by atoms with Gasteiger partial charge in [-0.1, -0.05) is 121 Å².